The van der Waals surface area contributed by atoms with E-state index in [2.05, 4.69) is 4.74 Å². The maximum absolute atomic E-state index is 7.69. The quantitative estimate of drug-likeness (QED) is 0.391. The third-order valence-corrected chi connectivity index (χ3v) is 0.211. The average molecular weight is 78.1 g/mol. The van der Waals surface area contributed by atoms with Crippen molar-refractivity contribution in [3.63, 3.8) is 0 Å². The molecule has 5 heavy (non-hydrogen) atoms. The maximum Gasteiger partial charge on any atom is 0.266 e. The van der Waals surface area contributed by atoms with E-state index in [1.165, 1.54) is 7.11 Å². The van der Waals surface area contributed by atoms with Crippen molar-refractivity contribution in [2.75, 3.05) is 7.11 Å². The van der Waals surface area contributed by atoms with E-state index < -0.39 is 6.48 Å². The molecule has 0 saturated heterocycles. The standard InChI is InChI=1S/C2H6O3/c1-5-2(3)4/h2-4H,1H3. The molecule has 0 radical (unpaired) electrons. The van der Waals surface area contributed by atoms with E-state index in [-0.39, 0.29) is 0 Å². The van der Waals surface area contributed by atoms with Crippen molar-refractivity contribution in [3.8, 4) is 0 Å². The highest BCUT2D eigenvalue weighted by Gasteiger charge is 1.82. The molecule has 0 unspecified atom stereocenters. The molecule has 2 N–H and O–H groups in total. The Morgan fingerprint density at radius 2 is 1.80 bits per heavy atom. The van der Waals surface area contributed by atoms with Crippen molar-refractivity contribution in [3.05, 3.63) is 0 Å². The second-order valence-corrected chi connectivity index (χ2v) is 0.562. The first-order valence-electron chi connectivity index (χ1n) is 1.16. The second-order valence-electron chi connectivity index (χ2n) is 0.562. The summed E-state index contributed by atoms with van der Waals surface area (Å²) in [6.07, 6.45) is 0. The number of methoxy groups -OCH3 is 1. The van der Waals surface area contributed by atoms with E-state index in [9.17, 15) is 0 Å². The van der Waals surface area contributed by atoms with Gasteiger partial charge in [-0.1, -0.05) is 0 Å². The Balaban J connectivity index is 2.54. The SMILES string of the molecule is COC(O)O. The van der Waals surface area contributed by atoms with E-state index >= 15 is 0 Å². The molecule has 0 aromatic carbocycles. The van der Waals surface area contributed by atoms with E-state index in [4.69, 9.17) is 10.2 Å². The molecule has 0 aliphatic heterocycles. The topological polar surface area (TPSA) is 49.7 Å². The lowest BCUT2D eigenvalue weighted by atomic mass is 11.3. The summed E-state index contributed by atoms with van der Waals surface area (Å²) in [7, 11) is 1.20. The van der Waals surface area contributed by atoms with Gasteiger partial charge in [-0.15, -0.1) is 0 Å². The number of aliphatic hydroxyl groups excluding tert-OH is 1. The van der Waals surface area contributed by atoms with Crippen LogP contribution >= 0.6 is 0 Å². The monoisotopic (exact) mass is 78.0 g/mol. The first-order chi connectivity index (χ1) is 2.27. The molecule has 0 heterocycles. The molecule has 0 amide bonds. The zero-order valence-electron chi connectivity index (χ0n) is 2.88. The van der Waals surface area contributed by atoms with Gasteiger partial charge in [0.25, 0.3) is 6.48 Å². The predicted molar refractivity (Wildman–Crippen MR) is 15.2 cm³/mol. The normalized spacial score (nSPS) is 9.60. The van der Waals surface area contributed by atoms with Crippen molar-refractivity contribution < 1.29 is 14.9 Å². The molecule has 0 spiro atoms. The summed E-state index contributed by atoms with van der Waals surface area (Å²) >= 11 is 0. The van der Waals surface area contributed by atoms with E-state index in [1.807, 2.05) is 0 Å². The molecule has 0 aromatic rings. The molecule has 0 saturated carbocycles. The van der Waals surface area contributed by atoms with Crippen LogP contribution in [0.25, 0.3) is 0 Å². The Morgan fingerprint density at radius 3 is 1.80 bits per heavy atom. The van der Waals surface area contributed by atoms with Crippen LogP contribution in [0.1, 0.15) is 0 Å². The lowest BCUT2D eigenvalue weighted by Crippen LogP contribution is -2.04. The van der Waals surface area contributed by atoms with Crippen LogP contribution in [0.5, 0.6) is 0 Å². The Bertz CT molecular complexity index is 18.9. The van der Waals surface area contributed by atoms with E-state index in [1.54, 1.807) is 0 Å². The minimum Gasteiger partial charge on any atom is -0.346 e. The van der Waals surface area contributed by atoms with Crippen LogP contribution < -0.4 is 0 Å². The zero-order valence-corrected chi connectivity index (χ0v) is 2.88. The molecule has 3 heteroatoms. The highest BCUT2D eigenvalue weighted by atomic mass is 16.7. The van der Waals surface area contributed by atoms with Crippen LogP contribution in [0.2, 0.25) is 0 Å². The number of aliphatic hydroxyl groups is 2. The molecule has 0 aliphatic rings. The molecular formula is C2H6O3. The van der Waals surface area contributed by atoms with Crippen LogP contribution in [-0.4, -0.2) is 23.8 Å². The van der Waals surface area contributed by atoms with E-state index in [0.717, 1.165) is 0 Å². The van der Waals surface area contributed by atoms with Crippen molar-refractivity contribution in [2.24, 2.45) is 0 Å². The molecule has 0 rings (SSSR count). The van der Waals surface area contributed by atoms with Gasteiger partial charge in [-0.05, 0) is 0 Å². The summed E-state index contributed by atoms with van der Waals surface area (Å²) in [6, 6.07) is 0. The van der Waals surface area contributed by atoms with Crippen LogP contribution in [0.4, 0.5) is 0 Å². The van der Waals surface area contributed by atoms with Crippen LogP contribution in [0.15, 0.2) is 0 Å². The van der Waals surface area contributed by atoms with Crippen molar-refractivity contribution in [1.82, 2.24) is 0 Å². The minimum absolute atomic E-state index is 1.20. The van der Waals surface area contributed by atoms with Gasteiger partial charge in [-0.2, -0.15) is 0 Å². The predicted octanol–water partition coefficient (Wildman–Crippen LogP) is -1.10. The number of hydrogen-bond acceptors (Lipinski definition) is 3. The van der Waals surface area contributed by atoms with Gasteiger partial charge in [0.05, 0.1) is 0 Å². The van der Waals surface area contributed by atoms with Gasteiger partial charge in [0.2, 0.25) is 0 Å². The maximum atomic E-state index is 7.69. The molecule has 0 aromatic heterocycles. The number of rotatable bonds is 1. The summed E-state index contributed by atoms with van der Waals surface area (Å²) < 4.78 is 3.86. The van der Waals surface area contributed by atoms with Crippen molar-refractivity contribution in [2.45, 2.75) is 6.48 Å². The smallest absolute Gasteiger partial charge is 0.266 e. The van der Waals surface area contributed by atoms with Gasteiger partial charge in [0.1, 0.15) is 0 Å². The molecular weight excluding hydrogens is 72.0 g/mol. The fraction of sp³-hybridized carbons (Fsp3) is 1.00. The molecule has 0 bridgehead atoms. The summed E-state index contributed by atoms with van der Waals surface area (Å²) in [5.74, 6) is 0. The first kappa shape index (κ1) is 4.88. The van der Waals surface area contributed by atoms with Gasteiger partial charge in [0.15, 0.2) is 0 Å². The van der Waals surface area contributed by atoms with Gasteiger partial charge < -0.3 is 14.9 Å². The zero-order chi connectivity index (χ0) is 4.28. The summed E-state index contributed by atoms with van der Waals surface area (Å²) in [4.78, 5) is 0. The van der Waals surface area contributed by atoms with Crippen molar-refractivity contribution in [1.29, 1.82) is 0 Å². The summed E-state index contributed by atoms with van der Waals surface area (Å²) in [6.45, 7) is -1.62. The largest absolute Gasteiger partial charge is 0.346 e. The second kappa shape index (κ2) is 2.14. The Labute approximate surface area is 29.8 Å². The van der Waals surface area contributed by atoms with Crippen LogP contribution in [0, 0.1) is 0 Å². The van der Waals surface area contributed by atoms with E-state index in [0.29, 0.717) is 0 Å². The summed E-state index contributed by atoms with van der Waals surface area (Å²) in [5.41, 5.74) is 0. The number of hydrogen-bond donors (Lipinski definition) is 2. The molecule has 0 fully saturated rings. The number of ether oxygens (including phenoxy) is 1. The lowest BCUT2D eigenvalue weighted by molar-refractivity contribution is -0.218. The van der Waals surface area contributed by atoms with Crippen LogP contribution in [-0.2, 0) is 4.74 Å². The highest BCUT2D eigenvalue weighted by Crippen LogP contribution is 1.66. The Hall–Kier alpha value is -0.120. The third-order valence-electron chi connectivity index (χ3n) is 0.211. The van der Waals surface area contributed by atoms with Gasteiger partial charge in [0, 0.05) is 7.11 Å². The Kier molecular flexibility index (Phi) is 2.09. The first-order valence-corrected chi connectivity index (χ1v) is 1.16. The molecule has 3 nitrogen and oxygen atoms in total. The van der Waals surface area contributed by atoms with Crippen LogP contribution in [0.3, 0.4) is 0 Å². The average Bonchev–Trinajstić information content (AvgIpc) is 1.38. The fourth-order valence-corrected chi connectivity index (χ4v) is 0. The van der Waals surface area contributed by atoms with Gasteiger partial charge in [-0.3, -0.25) is 0 Å². The van der Waals surface area contributed by atoms with Gasteiger partial charge >= 0.3 is 0 Å². The fourth-order valence-electron chi connectivity index (χ4n) is 0. The molecule has 32 valence electrons. The lowest BCUT2D eigenvalue weighted by Gasteiger charge is -1.92. The van der Waals surface area contributed by atoms with Gasteiger partial charge in [-0.25, -0.2) is 0 Å². The highest BCUT2D eigenvalue weighted by molar-refractivity contribution is 3.90. The molecule has 0 atom stereocenters. The summed E-state index contributed by atoms with van der Waals surface area (Å²) in [5, 5.41) is 15.4. The minimum atomic E-state index is -1.62. The van der Waals surface area contributed by atoms with Crippen molar-refractivity contribution >= 4 is 0 Å². The molecule has 0 aliphatic carbocycles. The third kappa shape index (κ3) is 3.88. The Morgan fingerprint density at radius 1 is 1.60 bits per heavy atom.